The van der Waals surface area contributed by atoms with Crippen LogP contribution in [0.15, 0.2) is 24.3 Å². The Morgan fingerprint density at radius 1 is 1.27 bits per heavy atom. The molecule has 1 amide bonds. The van der Waals surface area contributed by atoms with Gasteiger partial charge < -0.3 is 15.0 Å². The molecule has 0 unspecified atom stereocenters. The van der Waals surface area contributed by atoms with E-state index in [-0.39, 0.29) is 29.9 Å². The molecule has 2 atom stereocenters. The first kappa shape index (κ1) is 17.0. The number of benzene rings is 1. The summed E-state index contributed by atoms with van der Waals surface area (Å²) in [6.07, 6.45) is 1.10. The van der Waals surface area contributed by atoms with Crippen molar-refractivity contribution >= 4 is 18.3 Å². The third kappa shape index (κ3) is 3.90. The predicted octanol–water partition coefficient (Wildman–Crippen LogP) is 2.08. The van der Waals surface area contributed by atoms with Crippen molar-refractivity contribution in [3.05, 3.63) is 30.1 Å². The van der Waals surface area contributed by atoms with E-state index < -0.39 is 0 Å². The maximum atomic E-state index is 13.3. The molecule has 4 nitrogen and oxygen atoms in total. The number of carbonyl (C=O) groups is 1. The van der Waals surface area contributed by atoms with Gasteiger partial charge in [0.25, 0.3) is 0 Å². The van der Waals surface area contributed by atoms with Crippen LogP contribution in [-0.4, -0.2) is 43.6 Å². The number of nitrogens with zero attached hydrogens (tertiary/aromatic N) is 1. The van der Waals surface area contributed by atoms with Gasteiger partial charge in [-0.1, -0.05) is 12.1 Å². The van der Waals surface area contributed by atoms with Crippen LogP contribution in [0.2, 0.25) is 0 Å². The second-order valence-electron chi connectivity index (χ2n) is 5.86. The van der Waals surface area contributed by atoms with Crippen LogP contribution in [0.3, 0.4) is 0 Å². The fourth-order valence-corrected chi connectivity index (χ4v) is 3.18. The molecule has 2 saturated heterocycles. The number of nitrogens with one attached hydrogen (secondary N) is 1. The van der Waals surface area contributed by atoms with E-state index in [0.29, 0.717) is 31.3 Å². The lowest BCUT2D eigenvalue weighted by Crippen LogP contribution is -2.31. The number of hydrogen-bond acceptors (Lipinski definition) is 3. The van der Waals surface area contributed by atoms with E-state index in [1.807, 2.05) is 4.90 Å². The number of para-hydroxylation sites is 1. The highest BCUT2D eigenvalue weighted by molar-refractivity contribution is 5.85. The Kier molecular flexibility index (Phi) is 6.03. The second kappa shape index (κ2) is 7.79. The van der Waals surface area contributed by atoms with E-state index in [4.69, 9.17) is 4.74 Å². The van der Waals surface area contributed by atoms with Gasteiger partial charge >= 0.3 is 0 Å². The van der Waals surface area contributed by atoms with Gasteiger partial charge in [-0.05, 0) is 30.4 Å². The molecule has 1 aromatic carbocycles. The molecule has 0 spiro atoms. The van der Waals surface area contributed by atoms with Gasteiger partial charge in [0.05, 0.1) is 6.61 Å². The maximum absolute atomic E-state index is 13.3. The lowest BCUT2D eigenvalue weighted by atomic mass is 10.0. The zero-order valence-electron chi connectivity index (χ0n) is 12.5. The van der Waals surface area contributed by atoms with E-state index in [9.17, 15) is 9.18 Å². The number of ether oxygens (including phenoxy) is 1. The summed E-state index contributed by atoms with van der Waals surface area (Å²) in [5, 5.41) is 3.37. The smallest absolute Gasteiger partial charge is 0.222 e. The van der Waals surface area contributed by atoms with Gasteiger partial charge in [-0.2, -0.15) is 0 Å². The molecule has 2 aliphatic heterocycles. The Balaban J connectivity index is 0.00000176. The molecule has 0 aliphatic carbocycles. The first-order valence-electron chi connectivity index (χ1n) is 7.60. The summed E-state index contributed by atoms with van der Waals surface area (Å²) in [6.45, 7) is 4.19. The van der Waals surface area contributed by atoms with Crippen LogP contribution in [0.5, 0.6) is 5.75 Å². The standard InChI is InChI=1S/C16H21FN2O2.ClH/c17-14-4-1-2-5-15(14)21-7-3-6-16(20)19-10-12-8-18-9-13(12)11-19;/h1-2,4-5,12-13,18H,3,6-11H2;1H/t12-,13+;. The largest absolute Gasteiger partial charge is 0.491 e. The average Bonchev–Trinajstić information content (AvgIpc) is 3.06. The van der Waals surface area contributed by atoms with E-state index in [1.165, 1.54) is 6.07 Å². The van der Waals surface area contributed by atoms with Crippen molar-refractivity contribution < 1.29 is 13.9 Å². The van der Waals surface area contributed by atoms with Crippen molar-refractivity contribution in [2.24, 2.45) is 11.8 Å². The van der Waals surface area contributed by atoms with Gasteiger partial charge in [0.15, 0.2) is 11.6 Å². The summed E-state index contributed by atoms with van der Waals surface area (Å²) < 4.78 is 18.7. The van der Waals surface area contributed by atoms with Gasteiger partial charge in [-0.15, -0.1) is 12.4 Å². The zero-order valence-corrected chi connectivity index (χ0v) is 13.3. The highest BCUT2D eigenvalue weighted by Gasteiger charge is 2.37. The quantitative estimate of drug-likeness (QED) is 0.842. The molecule has 6 heteroatoms. The predicted molar refractivity (Wildman–Crippen MR) is 84.8 cm³/mol. The first-order valence-corrected chi connectivity index (χ1v) is 7.60. The topological polar surface area (TPSA) is 41.6 Å². The Morgan fingerprint density at radius 2 is 1.95 bits per heavy atom. The summed E-state index contributed by atoms with van der Waals surface area (Å²) >= 11 is 0. The normalized spacial score (nSPS) is 23.0. The molecule has 0 bridgehead atoms. The number of fused-ring (bicyclic) bond motifs is 1. The van der Waals surface area contributed by atoms with E-state index >= 15 is 0 Å². The third-order valence-electron chi connectivity index (χ3n) is 4.37. The zero-order chi connectivity index (χ0) is 14.7. The number of carbonyl (C=O) groups excluding carboxylic acids is 1. The molecular weight excluding hydrogens is 307 g/mol. The van der Waals surface area contributed by atoms with Gasteiger partial charge in [-0.3, -0.25) is 4.79 Å². The fourth-order valence-electron chi connectivity index (χ4n) is 3.18. The number of rotatable bonds is 5. The minimum Gasteiger partial charge on any atom is -0.491 e. The molecule has 122 valence electrons. The minimum absolute atomic E-state index is 0. The first-order chi connectivity index (χ1) is 10.2. The lowest BCUT2D eigenvalue weighted by Gasteiger charge is -2.17. The lowest BCUT2D eigenvalue weighted by molar-refractivity contribution is -0.130. The van der Waals surface area contributed by atoms with Gasteiger partial charge in [-0.25, -0.2) is 4.39 Å². The van der Waals surface area contributed by atoms with Crippen LogP contribution in [0.4, 0.5) is 4.39 Å². The average molecular weight is 329 g/mol. The van der Waals surface area contributed by atoms with Gasteiger partial charge in [0.2, 0.25) is 5.91 Å². The van der Waals surface area contributed by atoms with Crippen LogP contribution in [0, 0.1) is 17.7 Å². The highest BCUT2D eigenvalue weighted by Crippen LogP contribution is 2.26. The van der Waals surface area contributed by atoms with Crippen LogP contribution < -0.4 is 10.1 Å². The monoisotopic (exact) mass is 328 g/mol. The van der Waals surface area contributed by atoms with E-state index in [0.717, 1.165) is 26.2 Å². The number of amides is 1. The number of halogens is 2. The van der Waals surface area contributed by atoms with E-state index in [1.54, 1.807) is 18.2 Å². The summed E-state index contributed by atoms with van der Waals surface area (Å²) in [5.74, 6) is 1.35. The molecular formula is C16H22ClFN2O2. The SMILES string of the molecule is Cl.O=C(CCCOc1ccccc1F)N1C[C@H]2CNC[C@H]2C1. The summed E-state index contributed by atoms with van der Waals surface area (Å²) in [5.41, 5.74) is 0. The van der Waals surface area contributed by atoms with Crippen molar-refractivity contribution in [1.82, 2.24) is 10.2 Å². The Hall–Kier alpha value is -1.33. The Bertz CT molecular complexity index is 503. The van der Waals surface area contributed by atoms with Crippen LogP contribution in [0.1, 0.15) is 12.8 Å². The van der Waals surface area contributed by atoms with Crippen molar-refractivity contribution in [3.8, 4) is 5.75 Å². The molecule has 2 heterocycles. The molecule has 1 aromatic rings. The number of likely N-dealkylation sites (tertiary alicyclic amines) is 1. The summed E-state index contributed by atoms with van der Waals surface area (Å²) in [6, 6.07) is 6.34. The molecule has 3 rings (SSSR count). The minimum atomic E-state index is -0.358. The van der Waals surface area contributed by atoms with Crippen molar-refractivity contribution in [1.29, 1.82) is 0 Å². The van der Waals surface area contributed by atoms with Crippen molar-refractivity contribution in [3.63, 3.8) is 0 Å². The fraction of sp³-hybridized carbons (Fsp3) is 0.562. The molecule has 2 aliphatic rings. The van der Waals surface area contributed by atoms with Crippen LogP contribution in [0.25, 0.3) is 0 Å². The second-order valence-corrected chi connectivity index (χ2v) is 5.86. The Morgan fingerprint density at radius 3 is 2.64 bits per heavy atom. The summed E-state index contributed by atoms with van der Waals surface area (Å²) in [4.78, 5) is 14.1. The van der Waals surface area contributed by atoms with E-state index in [2.05, 4.69) is 5.32 Å². The molecule has 0 aromatic heterocycles. The van der Waals surface area contributed by atoms with Crippen LogP contribution in [-0.2, 0) is 4.79 Å². The summed E-state index contributed by atoms with van der Waals surface area (Å²) in [7, 11) is 0. The third-order valence-corrected chi connectivity index (χ3v) is 4.37. The van der Waals surface area contributed by atoms with Crippen molar-refractivity contribution in [2.75, 3.05) is 32.8 Å². The molecule has 22 heavy (non-hydrogen) atoms. The highest BCUT2D eigenvalue weighted by atomic mass is 35.5. The van der Waals surface area contributed by atoms with Crippen LogP contribution >= 0.6 is 12.4 Å². The number of hydrogen-bond donors (Lipinski definition) is 1. The molecule has 0 radical (unpaired) electrons. The Labute approximate surface area is 136 Å². The van der Waals surface area contributed by atoms with Gasteiger partial charge in [0.1, 0.15) is 0 Å². The molecule has 2 fully saturated rings. The molecule has 1 N–H and O–H groups in total. The van der Waals surface area contributed by atoms with Crippen molar-refractivity contribution in [2.45, 2.75) is 12.8 Å². The molecule has 0 saturated carbocycles. The maximum Gasteiger partial charge on any atom is 0.222 e. The van der Waals surface area contributed by atoms with Gasteiger partial charge in [0, 0.05) is 32.6 Å².